The first-order valence-corrected chi connectivity index (χ1v) is 10.6. The highest BCUT2D eigenvalue weighted by molar-refractivity contribution is 7.14. The number of aromatic nitrogens is 1. The standard InChI is InChI=1S/C23H20N2O5S/c1-29-18-9-5-8-16(10-18)19-14-31-23(24-19)25-12-17(11-21(25)27)22(28)30-13-20(26)15-6-3-2-4-7-15/h2-10,14,17H,11-13H2,1H3/t17-/m1/s1. The van der Waals surface area contributed by atoms with Crippen LogP contribution in [0.4, 0.5) is 5.13 Å². The number of rotatable bonds is 7. The molecule has 7 nitrogen and oxygen atoms in total. The average Bonchev–Trinajstić information content (AvgIpc) is 3.44. The molecular formula is C23H20N2O5S. The van der Waals surface area contributed by atoms with Crippen molar-refractivity contribution in [3.8, 4) is 17.0 Å². The normalized spacial score (nSPS) is 15.7. The van der Waals surface area contributed by atoms with Gasteiger partial charge in [-0.25, -0.2) is 4.98 Å². The maximum absolute atomic E-state index is 12.5. The monoisotopic (exact) mass is 436 g/mol. The van der Waals surface area contributed by atoms with E-state index in [0.717, 1.165) is 17.0 Å². The number of Topliss-reactive ketones (excluding diaryl/α,β-unsaturated/α-hetero) is 1. The third-order valence-corrected chi connectivity index (χ3v) is 5.85. The maximum Gasteiger partial charge on any atom is 0.311 e. The third-order valence-electron chi connectivity index (χ3n) is 4.99. The van der Waals surface area contributed by atoms with Crippen molar-refractivity contribution in [1.82, 2.24) is 4.98 Å². The van der Waals surface area contributed by atoms with Gasteiger partial charge in [0.05, 0.1) is 18.7 Å². The maximum atomic E-state index is 12.5. The van der Waals surface area contributed by atoms with Crippen LogP contribution in [0.2, 0.25) is 0 Å². The van der Waals surface area contributed by atoms with Gasteiger partial charge in [0.25, 0.3) is 0 Å². The molecule has 0 saturated carbocycles. The summed E-state index contributed by atoms with van der Waals surface area (Å²) in [6, 6.07) is 16.1. The summed E-state index contributed by atoms with van der Waals surface area (Å²) in [4.78, 5) is 43.1. The molecule has 8 heteroatoms. The van der Waals surface area contributed by atoms with Crippen molar-refractivity contribution in [3.05, 3.63) is 65.5 Å². The molecule has 1 aliphatic rings. The molecule has 3 aromatic rings. The number of nitrogens with zero attached hydrogens (tertiary/aromatic N) is 2. The lowest BCUT2D eigenvalue weighted by molar-refractivity contribution is -0.147. The Morgan fingerprint density at radius 1 is 1.16 bits per heavy atom. The Hall–Kier alpha value is -3.52. The number of hydrogen-bond acceptors (Lipinski definition) is 7. The van der Waals surface area contributed by atoms with Crippen LogP contribution in [0.15, 0.2) is 60.0 Å². The SMILES string of the molecule is COc1cccc(-c2csc(N3C[C@H](C(=O)OCC(=O)c4ccccc4)CC3=O)n2)c1. The van der Waals surface area contributed by atoms with E-state index in [0.29, 0.717) is 10.7 Å². The lowest BCUT2D eigenvalue weighted by atomic mass is 10.1. The van der Waals surface area contributed by atoms with Crippen LogP contribution in [-0.4, -0.2) is 42.9 Å². The van der Waals surface area contributed by atoms with Gasteiger partial charge in [0.1, 0.15) is 5.75 Å². The summed E-state index contributed by atoms with van der Waals surface area (Å²) in [5.74, 6) is -0.928. The topological polar surface area (TPSA) is 85.8 Å². The van der Waals surface area contributed by atoms with Crippen LogP contribution in [0, 0.1) is 5.92 Å². The van der Waals surface area contributed by atoms with Gasteiger partial charge in [0.15, 0.2) is 17.5 Å². The van der Waals surface area contributed by atoms with Crippen LogP contribution >= 0.6 is 11.3 Å². The molecule has 1 aliphatic heterocycles. The van der Waals surface area contributed by atoms with Gasteiger partial charge < -0.3 is 9.47 Å². The summed E-state index contributed by atoms with van der Waals surface area (Å²) < 4.78 is 10.4. The number of ether oxygens (including phenoxy) is 2. The van der Waals surface area contributed by atoms with E-state index in [1.165, 1.54) is 16.2 Å². The Bertz CT molecular complexity index is 1110. The van der Waals surface area contributed by atoms with Crippen LogP contribution in [0.25, 0.3) is 11.3 Å². The Kier molecular flexibility index (Phi) is 6.08. The summed E-state index contributed by atoms with van der Waals surface area (Å²) in [5, 5.41) is 2.39. The molecule has 2 aromatic carbocycles. The fourth-order valence-electron chi connectivity index (χ4n) is 3.32. The van der Waals surface area contributed by atoms with Crippen molar-refractivity contribution >= 4 is 34.1 Å². The van der Waals surface area contributed by atoms with Crippen LogP contribution in [0.1, 0.15) is 16.8 Å². The zero-order valence-electron chi connectivity index (χ0n) is 16.8. The van der Waals surface area contributed by atoms with E-state index in [-0.39, 0.29) is 31.3 Å². The summed E-state index contributed by atoms with van der Waals surface area (Å²) >= 11 is 1.34. The Morgan fingerprint density at radius 2 is 1.97 bits per heavy atom. The molecule has 0 unspecified atom stereocenters. The molecule has 31 heavy (non-hydrogen) atoms. The highest BCUT2D eigenvalue weighted by Gasteiger charge is 2.37. The number of methoxy groups -OCH3 is 1. The van der Waals surface area contributed by atoms with E-state index in [2.05, 4.69) is 4.98 Å². The van der Waals surface area contributed by atoms with E-state index in [4.69, 9.17) is 9.47 Å². The third kappa shape index (κ3) is 4.64. The lowest BCUT2D eigenvalue weighted by Crippen LogP contribution is -2.27. The number of amides is 1. The first kappa shape index (κ1) is 20.7. The number of anilines is 1. The minimum Gasteiger partial charge on any atom is -0.497 e. The summed E-state index contributed by atoms with van der Waals surface area (Å²) in [6.45, 7) is -0.160. The number of benzene rings is 2. The van der Waals surface area contributed by atoms with Gasteiger partial charge in [-0.05, 0) is 12.1 Å². The van der Waals surface area contributed by atoms with Gasteiger partial charge in [0.2, 0.25) is 5.91 Å². The highest BCUT2D eigenvalue weighted by Crippen LogP contribution is 2.32. The number of esters is 1. The second kappa shape index (κ2) is 9.09. The fraction of sp³-hybridized carbons (Fsp3) is 0.217. The van der Waals surface area contributed by atoms with Crippen molar-refractivity contribution in [2.24, 2.45) is 5.92 Å². The second-order valence-corrected chi connectivity index (χ2v) is 7.89. The van der Waals surface area contributed by atoms with Crippen molar-refractivity contribution in [3.63, 3.8) is 0 Å². The molecule has 1 fully saturated rings. The van der Waals surface area contributed by atoms with E-state index in [1.54, 1.807) is 37.4 Å². The molecule has 0 aliphatic carbocycles. The number of carbonyl (C=O) groups excluding carboxylic acids is 3. The molecular weight excluding hydrogens is 416 g/mol. The number of hydrogen-bond donors (Lipinski definition) is 0. The largest absolute Gasteiger partial charge is 0.497 e. The molecule has 1 aromatic heterocycles. The van der Waals surface area contributed by atoms with Crippen molar-refractivity contribution in [1.29, 1.82) is 0 Å². The first-order valence-electron chi connectivity index (χ1n) is 9.70. The van der Waals surface area contributed by atoms with Crippen molar-refractivity contribution in [2.45, 2.75) is 6.42 Å². The van der Waals surface area contributed by atoms with Gasteiger partial charge in [-0.2, -0.15) is 0 Å². The van der Waals surface area contributed by atoms with Gasteiger partial charge in [-0.15, -0.1) is 11.3 Å². The Labute approximate surface area is 183 Å². The molecule has 0 N–H and O–H groups in total. The van der Waals surface area contributed by atoms with Gasteiger partial charge in [0, 0.05) is 29.5 Å². The minimum absolute atomic E-state index is 0.0342. The zero-order valence-corrected chi connectivity index (χ0v) is 17.6. The average molecular weight is 436 g/mol. The second-order valence-electron chi connectivity index (χ2n) is 7.05. The molecule has 0 radical (unpaired) electrons. The molecule has 1 amide bonds. The fourth-order valence-corrected chi connectivity index (χ4v) is 4.18. The number of carbonyl (C=O) groups is 3. The lowest BCUT2D eigenvalue weighted by Gasteiger charge is -2.12. The predicted molar refractivity (Wildman–Crippen MR) is 116 cm³/mol. The number of thiazole rings is 1. The van der Waals surface area contributed by atoms with E-state index in [9.17, 15) is 14.4 Å². The predicted octanol–water partition coefficient (Wildman–Crippen LogP) is 3.60. The molecule has 0 bridgehead atoms. The number of ketones is 1. The molecule has 0 spiro atoms. The van der Waals surface area contributed by atoms with E-state index >= 15 is 0 Å². The molecule has 2 heterocycles. The first-order chi connectivity index (χ1) is 15.0. The quantitative estimate of drug-likeness (QED) is 0.416. The molecule has 1 atom stereocenters. The molecule has 158 valence electrons. The van der Waals surface area contributed by atoms with Gasteiger partial charge >= 0.3 is 5.97 Å². The minimum atomic E-state index is -0.625. The van der Waals surface area contributed by atoms with E-state index in [1.807, 2.05) is 29.6 Å². The van der Waals surface area contributed by atoms with Gasteiger partial charge in [-0.1, -0.05) is 42.5 Å². The highest BCUT2D eigenvalue weighted by atomic mass is 32.1. The van der Waals surface area contributed by atoms with Crippen molar-refractivity contribution < 1.29 is 23.9 Å². The van der Waals surface area contributed by atoms with Crippen LogP contribution < -0.4 is 9.64 Å². The molecule has 4 rings (SSSR count). The smallest absolute Gasteiger partial charge is 0.311 e. The van der Waals surface area contributed by atoms with Crippen LogP contribution in [0.5, 0.6) is 5.75 Å². The van der Waals surface area contributed by atoms with Crippen molar-refractivity contribution in [2.75, 3.05) is 25.2 Å². The molecule has 1 saturated heterocycles. The summed E-state index contributed by atoms with van der Waals surface area (Å²) in [5.41, 5.74) is 2.09. The van der Waals surface area contributed by atoms with Crippen LogP contribution in [0.3, 0.4) is 0 Å². The Balaban J connectivity index is 1.38. The van der Waals surface area contributed by atoms with Crippen LogP contribution in [-0.2, 0) is 14.3 Å². The van der Waals surface area contributed by atoms with Gasteiger partial charge in [-0.3, -0.25) is 19.3 Å². The summed E-state index contributed by atoms with van der Waals surface area (Å²) in [7, 11) is 1.60. The Morgan fingerprint density at radius 3 is 2.74 bits per heavy atom. The zero-order chi connectivity index (χ0) is 21.8. The van der Waals surface area contributed by atoms with E-state index < -0.39 is 11.9 Å². The summed E-state index contributed by atoms with van der Waals surface area (Å²) in [6.07, 6.45) is 0.0342.